The molecule has 0 atom stereocenters. The van der Waals surface area contributed by atoms with Crippen LogP contribution in [0.2, 0.25) is 0 Å². The Balaban J connectivity index is 3.04. The van der Waals surface area contributed by atoms with Gasteiger partial charge in [0.15, 0.2) is 0 Å². The Hall–Kier alpha value is -1.14. The van der Waals surface area contributed by atoms with Crippen molar-refractivity contribution in [2.75, 3.05) is 0 Å². The highest BCUT2D eigenvalue weighted by atomic mass is 19.3. The molecule has 0 heterocycles. The third-order valence-electron chi connectivity index (χ3n) is 1.59. The van der Waals surface area contributed by atoms with Gasteiger partial charge in [-0.25, -0.2) is 8.78 Å². The van der Waals surface area contributed by atoms with E-state index in [1.807, 2.05) is 0 Å². The Bertz CT molecular complexity index is 312. The molecule has 0 fully saturated rings. The maximum absolute atomic E-state index is 12.9. The van der Waals surface area contributed by atoms with Crippen LogP contribution in [0.15, 0.2) is 24.3 Å². The van der Waals surface area contributed by atoms with E-state index in [4.69, 9.17) is 10.0 Å². The van der Waals surface area contributed by atoms with Crippen LogP contribution in [-0.4, -0.2) is 17.4 Å². The Labute approximate surface area is 80.1 Å². The molecule has 0 saturated carbocycles. The molecule has 0 saturated heterocycles. The summed E-state index contributed by atoms with van der Waals surface area (Å²) in [5.74, 6) is -3.32. The van der Waals surface area contributed by atoms with Crippen LogP contribution in [0.25, 0.3) is 0 Å². The largest absolute Gasteiger partial charge is 0.707 e. The topological polar surface area (TPSA) is 49.7 Å². The molecule has 0 radical (unpaired) electrons. The Morgan fingerprint density at radius 3 is 2.36 bits per heavy atom. The van der Waals surface area contributed by atoms with E-state index in [0.29, 0.717) is 6.92 Å². The van der Waals surface area contributed by atoms with Crippen molar-refractivity contribution in [2.45, 2.75) is 12.8 Å². The second-order valence-corrected chi connectivity index (χ2v) is 2.83. The molecule has 1 aromatic rings. The average Bonchev–Trinajstić information content (AvgIpc) is 2.01. The van der Waals surface area contributed by atoms with Crippen molar-refractivity contribution in [1.29, 1.82) is 0 Å². The predicted molar refractivity (Wildman–Crippen MR) is 46.8 cm³/mol. The Kier molecular flexibility index (Phi) is 3.08. The molecule has 3 nitrogen and oxygen atoms in total. The average molecular weight is 202 g/mol. The van der Waals surface area contributed by atoms with E-state index in [-0.39, 0.29) is 11.3 Å². The van der Waals surface area contributed by atoms with Gasteiger partial charge in [0.05, 0.1) is 5.56 Å². The van der Waals surface area contributed by atoms with Gasteiger partial charge >= 0.3 is 7.32 Å². The minimum Gasteiger partial charge on any atom is -0.512 e. The van der Waals surface area contributed by atoms with Crippen molar-refractivity contribution in [3.05, 3.63) is 29.8 Å². The summed E-state index contributed by atoms with van der Waals surface area (Å²) in [5, 5.41) is 17.0. The Morgan fingerprint density at radius 2 is 1.86 bits per heavy atom. The first kappa shape index (κ1) is 10.9. The second-order valence-electron chi connectivity index (χ2n) is 2.83. The maximum Gasteiger partial charge on any atom is 0.707 e. The van der Waals surface area contributed by atoms with Crippen LogP contribution in [0.5, 0.6) is 5.75 Å². The first-order chi connectivity index (χ1) is 6.41. The lowest BCUT2D eigenvalue weighted by Gasteiger charge is -2.15. The molecule has 76 valence electrons. The number of halogens is 2. The summed E-state index contributed by atoms with van der Waals surface area (Å²) in [5.41, 5.74) is -0.381. The van der Waals surface area contributed by atoms with Crippen LogP contribution in [-0.2, 0) is 5.92 Å². The molecule has 0 aliphatic rings. The highest BCUT2D eigenvalue weighted by Gasteiger charge is 2.29. The van der Waals surface area contributed by atoms with Crippen LogP contribution in [0.4, 0.5) is 8.78 Å². The SMILES string of the molecule is CC(F)(F)c1ccccc1OB(O)O. The van der Waals surface area contributed by atoms with Gasteiger partial charge in [-0.1, -0.05) is 12.1 Å². The van der Waals surface area contributed by atoms with Crippen LogP contribution in [0.3, 0.4) is 0 Å². The molecule has 1 rings (SSSR count). The van der Waals surface area contributed by atoms with E-state index >= 15 is 0 Å². The van der Waals surface area contributed by atoms with Crippen molar-refractivity contribution in [2.24, 2.45) is 0 Å². The van der Waals surface area contributed by atoms with Crippen molar-refractivity contribution in [1.82, 2.24) is 0 Å². The number of benzene rings is 1. The van der Waals surface area contributed by atoms with Gasteiger partial charge in [-0.05, 0) is 12.1 Å². The quantitative estimate of drug-likeness (QED) is 0.722. The molecule has 0 aliphatic heterocycles. The van der Waals surface area contributed by atoms with E-state index in [9.17, 15) is 8.78 Å². The zero-order chi connectivity index (χ0) is 10.8. The summed E-state index contributed by atoms with van der Waals surface area (Å²) in [6.45, 7) is 0.707. The minimum absolute atomic E-state index is 0.241. The second kappa shape index (κ2) is 3.94. The molecule has 0 aliphatic carbocycles. The number of rotatable bonds is 3. The van der Waals surface area contributed by atoms with Crippen molar-refractivity contribution >= 4 is 7.32 Å². The minimum atomic E-state index is -3.08. The summed E-state index contributed by atoms with van der Waals surface area (Å²) in [6.07, 6.45) is 0. The van der Waals surface area contributed by atoms with Gasteiger partial charge in [0.2, 0.25) is 0 Å². The van der Waals surface area contributed by atoms with Crippen molar-refractivity contribution in [3.63, 3.8) is 0 Å². The highest BCUT2D eigenvalue weighted by molar-refractivity contribution is 6.33. The first-order valence-corrected chi connectivity index (χ1v) is 3.91. The number of hydrogen-bond donors (Lipinski definition) is 2. The standard InChI is InChI=1S/C8H9BF2O3/c1-8(10,11)6-4-2-3-5-7(6)14-9(12)13/h2-5,12-13H,1H3. The molecule has 2 N–H and O–H groups in total. The van der Waals surface area contributed by atoms with Crippen LogP contribution in [0, 0.1) is 0 Å². The third-order valence-corrected chi connectivity index (χ3v) is 1.59. The fourth-order valence-corrected chi connectivity index (χ4v) is 1.05. The van der Waals surface area contributed by atoms with E-state index in [0.717, 1.165) is 6.07 Å². The maximum atomic E-state index is 12.9. The van der Waals surface area contributed by atoms with Crippen molar-refractivity contribution in [3.8, 4) is 5.75 Å². The molecule has 0 unspecified atom stereocenters. The molecular weight excluding hydrogens is 193 g/mol. The summed E-state index contributed by atoms with van der Waals surface area (Å²) < 4.78 is 30.2. The van der Waals surface area contributed by atoms with Crippen molar-refractivity contribution < 1.29 is 23.5 Å². The molecule has 0 bridgehead atoms. The van der Waals surface area contributed by atoms with E-state index in [2.05, 4.69) is 4.65 Å². The zero-order valence-electron chi connectivity index (χ0n) is 7.45. The molecule has 0 aromatic heterocycles. The highest BCUT2D eigenvalue weighted by Crippen LogP contribution is 2.34. The van der Waals surface area contributed by atoms with Crippen LogP contribution < -0.4 is 4.65 Å². The first-order valence-electron chi connectivity index (χ1n) is 3.91. The number of para-hydroxylation sites is 1. The monoisotopic (exact) mass is 202 g/mol. The van der Waals surface area contributed by atoms with E-state index < -0.39 is 13.2 Å². The lowest BCUT2D eigenvalue weighted by Crippen LogP contribution is -2.22. The zero-order valence-corrected chi connectivity index (χ0v) is 7.45. The predicted octanol–water partition coefficient (Wildman–Crippen LogP) is 1.15. The van der Waals surface area contributed by atoms with Gasteiger partial charge in [0, 0.05) is 6.92 Å². The van der Waals surface area contributed by atoms with E-state index in [1.165, 1.54) is 18.2 Å². The molecule has 0 amide bonds. The molecule has 6 heteroatoms. The molecule has 1 aromatic carbocycles. The van der Waals surface area contributed by atoms with Gasteiger partial charge in [-0.3, -0.25) is 0 Å². The van der Waals surface area contributed by atoms with E-state index in [1.54, 1.807) is 0 Å². The van der Waals surface area contributed by atoms with Gasteiger partial charge in [-0.2, -0.15) is 0 Å². The summed E-state index contributed by atoms with van der Waals surface area (Å²) in [4.78, 5) is 0. The van der Waals surface area contributed by atoms with Gasteiger partial charge in [0.1, 0.15) is 5.75 Å². The summed E-state index contributed by atoms with van der Waals surface area (Å²) in [6, 6.07) is 5.29. The fraction of sp³-hybridized carbons (Fsp3) is 0.250. The molecule has 0 spiro atoms. The normalized spacial score (nSPS) is 11.2. The van der Waals surface area contributed by atoms with Gasteiger partial charge in [0.25, 0.3) is 5.92 Å². The fourth-order valence-electron chi connectivity index (χ4n) is 1.05. The summed E-state index contributed by atoms with van der Waals surface area (Å²) >= 11 is 0. The number of alkyl halides is 2. The smallest absolute Gasteiger partial charge is 0.512 e. The molecule has 14 heavy (non-hydrogen) atoms. The lowest BCUT2D eigenvalue weighted by molar-refractivity contribution is 0.0155. The Morgan fingerprint density at radius 1 is 1.29 bits per heavy atom. The third kappa shape index (κ3) is 2.68. The molecular formula is C8H9BF2O3. The van der Waals surface area contributed by atoms with Crippen LogP contribution >= 0.6 is 0 Å². The van der Waals surface area contributed by atoms with Gasteiger partial charge in [-0.15, -0.1) is 0 Å². The van der Waals surface area contributed by atoms with Crippen LogP contribution in [0.1, 0.15) is 12.5 Å². The lowest BCUT2D eigenvalue weighted by atomic mass is 10.1. The summed E-state index contributed by atoms with van der Waals surface area (Å²) in [7, 11) is -2.10. The number of hydrogen-bond acceptors (Lipinski definition) is 3. The van der Waals surface area contributed by atoms with Gasteiger partial charge < -0.3 is 14.7 Å².